The summed E-state index contributed by atoms with van der Waals surface area (Å²) in [5.41, 5.74) is -1.13. The lowest BCUT2D eigenvalue weighted by Gasteiger charge is -2.16. The van der Waals surface area contributed by atoms with Crippen molar-refractivity contribution < 1.29 is 13.2 Å². The highest BCUT2D eigenvalue weighted by Crippen LogP contribution is 2.41. The van der Waals surface area contributed by atoms with Crippen LogP contribution >= 0.6 is 46.1 Å². The third kappa shape index (κ3) is 3.49. The van der Waals surface area contributed by atoms with Gasteiger partial charge >= 0.3 is 6.18 Å². The number of hydrogen-bond acceptors (Lipinski definition) is 3. The second-order valence-electron chi connectivity index (χ2n) is 3.71. The Labute approximate surface area is 131 Å². The van der Waals surface area contributed by atoms with E-state index in [1.165, 1.54) is 6.20 Å². The lowest BCUT2D eigenvalue weighted by molar-refractivity contribution is -0.136. The number of halogens is 6. The predicted molar refractivity (Wildman–Crippen MR) is 75.9 cm³/mol. The van der Waals surface area contributed by atoms with Crippen LogP contribution in [-0.2, 0) is 12.7 Å². The maximum absolute atomic E-state index is 12.9. The zero-order valence-electron chi connectivity index (χ0n) is 9.56. The summed E-state index contributed by atoms with van der Waals surface area (Å²) in [6, 6.07) is 2.00. The molecule has 0 saturated carbocycles. The molecule has 1 N–H and O–H groups in total. The van der Waals surface area contributed by atoms with Crippen LogP contribution in [-0.4, -0.2) is 4.98 Å². The summed E-state index contributed by atoms with van der Waals surface area (Å²) in [7, 11) is 0. The summed E-state index contributed by atoms with van der Waals surface area (Å²) in [6.07, 6.45) is -3.05. The van der Waals surface area contributed by atoms with Crippen molar-refractivity contribution in [3.05, 3.63) is 43.3 Å². The van der Waals surface area contributed by atoms with Gasteiger partial charge in [-0.25, -0.2) is 4.98 Å². The second kappa shape index (κ2) is 5.97. The molecule has 0 atom stereocenters. The average molecular weight is 362 g/mol. The summed E-state index contributed by atoms with van der Waals surface area (Å²) >= 11 is 18.4. The number of aromatic nitrogens is 1. The molecule has 0 radical (unpaired) electrons. The van der Waals surface area contributed by atoms with E-state index in [2.05, 4.69) is 10.3 Å². The van der Waals surface area contributed by atoms with Crippen molar-refractivity contribution in [3.8, 4) is 0 Å². The van der Waals surface area contributed by atoms with E-state index in [-0.39, 0.29) is 22.3 Å². The van der Waals surface area contributed by atoms with Gasteiger partial charge in [0, 0.05) is 11.1 Å². The molecule has 2 aromatic rings. The van der Waals surface area contributed by atoms with E-state index in [4.69, 9.17) is 34.8 Å². The van der Waals surface area contributed by atoms with Crippen molar-refractivity contribution in [2.24, 2.45) is 0 Å². The number of thiazole rings is 1. The first kappa shape index (κ1) is 15.7. The van der Waals surface area contributed by atoms with Crippen molar-refractivity contribution in [3.63, 3.8) is 0 Å². The molecule has 0 unspecified atom stereocenters. The Morgan fingerprint density at radius 1 is 1.20 bits per heavy atom. The topological polar surface area (TPSA) is 24.9 Å². The van der Waals surface area contributed by atoms with Gasteiger partial charge in [0.25, 0.3) is 0 Å². The van der Waals surface area contributed by atoms with Gasteiger partial charge in [-0.15, -0.1) is 11.3 Å². The van der Waals surface area contributed by atoms with Gasteiger partial charge in [-0.1, -0.05) is 34.8 Å². The predicted octanol–water partition coefficient (Wildman–Crippen LogP) is 5.73. The zero-order valence-corrected chi connectivity index (χ0v) is 12.6. The van der Waals surface area contributed by atoms with Crippen LogP contribution in [0.3, 0.4) is 0 Å². The van der Waals surface area contributed by atoms with E-state index < -0.39 is 11.7 Å². The van der Waals surface area contributed by atoms with Gasteiger partial charge in [-0.3, -0.25) is 0 Å². The van der Waals surface area contributed by atoms with Crippen molar-refractivity contribution in [2.45, 2.75) is 12.7 Å². The van der Waals surface area contributed by atoms with Crippen LogP contribution in [0.15, 0.2) is 18.3 Å². The first-order valence-electron chi connectivity index (χ1n) is 5.18. The Balaban J connectivity index is 2.31. The number of anilines is 1. The molecule has 2 rings (SSSR count). The van der Waals surface area contributed by atoms with Gasteiger partial charge in [0.05, 0.1) is 27.8 Å². The largest absolute Gasteiger partial charge is 0.418 e. The molecule has 0 aliphatic heterocycles. The average Bonchev–Trinajstić information content (AvgIpc) is 2.75. The molecule has 108 valence electrons. The molecule has 0 fully saturated rings. The molecule has 0 aliphatic carbocycles. The fraction of sp³-hybridized carbons (Fsp3) is 0.182. The lowest BCUT2D eigenvalue weighted by Crippen LogP contribution is -2.11. The number of benzene rings is 1. The normalized spacial score (nSPS) is 11.7. The first-order valence-corrected chi connectivity index (χ1v) is 7.13. The van der Waals surface area contributed by atoms with Crippen molar-refractivity contribution in [1.29, 1.82) is 0 Å². The Kier molecular flexibility index (Phi) is 4.69. The molecule has 9 heteroatoms. The van der Waals surface area contributed by atoms with Gasteiger partial charge in [-0.05, 0) is 12.1 Å². The van der Waals surface area contributed by atoms with Gasteiger partial charge in [0.1, 0.15) is 0 Å². The maximum Gasteiger partial charge on any atom is 0.418 e. The number of hydrogen-bond donors (Lipinski definition) is 1. The fourth-order valence-corrected chi connectivity index (χ4v) is 2.81. The Bertz CT molecular complexity index is 628. The van der Waals surface area contributed by atoms with Crippen LogP contribution in [0.2, 0.25) is 14.5 Å². The molecule has 0 aliphatic rings. The van der Waals surface area contributed by atoms with Crippen LogP contribution in [0.25, 0.3) is 0 Å². The fourth-order valence-electron chi connectivity index (χ4n) is 1.50. The summed E-state index contributed by atoms with van der Waals surface area (Å²) < 4.78 is 39.1. The highest BCUT2D eigenvalue weighted by Gasteiger charge is 2.35. The van der Waals surface area contributed by atoms with E-state index in [1.54, 1.807) is 0 Å². The van der Waals surface area contributed by atoms with Crippen LogP contribution in [0, 0.1) is 0 Å². The standard InChI is InChI=1S/C11H6Cl3F3N2S/c12-7-2-1-6(11(15,16)17)9(8(7)13)18-3-5-4-19-10(14)20-5/h1-2,4,18H,3H2. The minimum absolute atomic E-state index is 0.0458. The molecular formula is C11H6Cl3F3N2S. The van der Waals surface area contributed by atoms with Crippen LogP contribution in [0.4, 0.5) is 18.9 Å². The summed E-state index contributed by atoms with van der Waals surface area (Å²) in [6.45, 7) is 0.119. The monoisotopic (exact) mass is 360 g/mol. The quantitative estimate of drug-likeness (QED) is 0.754. The third-order valence-electron chi connectivity index (χ3n) is 2.36. The van der Waals surface area contributed by atoms with Crippen LogP contribution in [0.1, 0.15) is 10.4 Å². The van der Waals surface area contributed by atoms with Crippen molar-refractivity contribution in [2.75, 3.05) is 5.32 Å². The second-order valence-corrected chi connectivity index (χ2v) is 6.20. The van der Waals surface area contributed by atoms with Crippen molar-refractivity contribution >= 4 is 51.8 Å². The molecule has 2 nitrogen and oxygen atoms in total. The molecule has 20 heavy (non-hydrogen) atoms. The van der Waals surface area contributed by atoms with Crippen molar-refractivity contribution in [1.82, 2.24) is 4.98 Å². The van der Waals surface area contributed by atoms with Crippen LogP contribution < -0.4 is 5.32 Å². The third-order valence-corrected chi connectivity index (χ3v) is 4.28. The van der Waals surface area contributed by atoms with E-state index in [9.17, 15) is 13.2 Å². The molecule has 1 aromatic carbocycles. The minimum Gasteiger partial charge on any atom is -0.378 e. The van der Waals surface area contributed by atoms with Crippen LogP contribution in [0.5, 0.6) is 0 Å². The molecule has 0 amide bonds. The molecule has 0 spiro atoms. The molecule has 0 bridgehead atoms. The van der Waals surface area contributed by atoms with E-state index >= 15 is 0 Å². The maximum atomic E-state index is 12.9. The number of nitrogens with one attached hydrogen (secondary N) is 1. The summed E-state index contributed by atoms with van der Waals surface area (Å²) in [5.74, 6) is 0. The summed E-state index contributed by atoms with van der Waals surface area (Å²) in [5, 5.41) is 2.51. The molecule has 0 saturated heterocycles. The Morgan fingerprint density at radius 3 is 2.45 bits per heavy atom. The van der Waals surface area contributed by atoms with E-state index in [0.717, 1.165) is 23.5 Å². The Hall–Kier alpha value is -0.690. The van der Waals surface area contributed by atoms with E-state index in [1.807, 2.05) is 0 Å². The molecule has 1 heterocycles. The lowest BCUT2D eigenvalue weighted by atomic mass is 10.1. The highest BCUT2D eigenvalue weighted by molar-refractivity contribution is 7.15. The summed E-state index contributed by atoms with van der Waals surface area (Å²) in [4.78, 5) is 4.48. The highest BCUT2D eigenvalue weighted by atomic mass is 35.5. The SMILES string of the molecule is FC(F)(F)c1ccc(Cl)c(Cl)c1NCc1cnc(Cl)s1. The number of alkyl halides is 3. The smallest absolute Gasteiger partial charge is 0.378 e. The van der Waals surface area contributed by atoms with Gasteiger partial charge in [-0.2, -0.15) is 13.2 Å². The zero-order chi connectivity index (χ0) is 14.9. The Morgan fingerprint density at radius 2 is 1.90 bits per heavy atom. The molecule has 1 aromatic heterocycles. The van der Waals surface area contributed by atoms with E-state index in [0.29, 0.717) is 9.34 Å². The molecular weight excluding hydrogens is 356 g/mol. The van der Waals surface area contributed by atoms with Gasteiger partial charge in [0.15, 0.2) is 4.47 Å². The minimum atomic E-state index is -4.53. The first-order chi connectivity index (χ1) is 9.29. The van der Waals surface area contributed by atoms with Gasteiger partial charge < -0.3 is 5.32 Å². The van der Waals surface area contributed by atoms with Gasteiger partial charge in [0.2, 0.25) is 0 Å². The number of nitrogens with zero attached hydrogens (tertiary/aromatic N) is 1. The number of rotatable bonds is 3.